The average Bonchev–Trinajstić information content (AvgIpc) is 2.82. The first-order valence-corrected chi connectivity index (χ1v) is 8.33. The van der Waals surface area contributed by atoms with Gasteiger partial charge in [-0.05, 0) is 30.7 Å². The van der Waals surface area contributed by atoms with Gasteiger partial charge in [0.15, 0.2) is 5.82 Å². The summed E-state index contributed by atoms with van der Waals surface area (Å²) in [7, 11) is 0. The molecule has 1 aromatic heterocycles. The number of nitrogens with two attached hydrogens (primary N) is 1. The van der Waals surface area contributed by atoms with Crippen LogP contribution < -0.4 is 5.73 Å². The Bertz CT molecular complexity index is 689. The van der Waals surface area contributed by atoms with E-state index in [-0.39, 0.29) is 6.03 Å². The van der Waals surface area contributed by atoms with Crippen molar-refractivity contribution >= 4 is 17.6 Å². The predicted molar refractivity (Wildman–Crippen MR) is 93.5 cm³/mol. The molecular formula is C17H20ClN5O. The summed E-state index contributed by atoms with van der Waals surface area (Å²) in [4.78, 5) is 24.1. The number of carbonyl (C=O) groups is 1. The van der Waals surface area contributed by atoms with Crippen LogP contribution in [-0.2, 0) is 6.54 Å². The summed E-state index contributed by atoms with van der Waals surface area (Å²) in [5.41, 5.74) is 7.35. The van der Waals surface area contributed by atoms with Gasteiger partial charge in [-0.25, -0.2) is 14.8 Å². The lowest BCUT2D eigenvalue weighted by Gasteiger charge is -2.20. The summed E-state index contributed by atoms with van der Waals surface area (Å²) >= 11 is 5.90. The standard InChI is InChI=1S/C17H20ClN5O/c18-15-4-2-14(3-5-15)16-20-10-13(11-21-16)12-22-6-1-7-23(9-8-22)17(19)24/h2-5,10-11H,1,6-9,12H2,(H2,19,24). The number of aromatic nitrogens is 2. The zero-order valence-electron chi connectivity index (χ0n) is 13.4. The van der Waals surface area contributed by atoms with E-state index >= 15 is 0 Å². The number of nitrogens with zero attached hydrogens (tertiary/aromatic N) is 4. The van der Waals surface area contributed by atoms with Crippen molar-refractivity contribution in [1.29, 1.82) is 0 Å². The quantitative estimate of drug-likeness (QED) is 0.926. The first-order valence-electron chi connectivity index (χ1n) is 7.95. The molecule has 1 fully saturated rings. The summed E-state index contributed by atoms with van der Waals surface area (Å²) in [6.07, 6.45) is 4.63. The van der Waals surface area contributed by atoms with Crippen LogP contribution in [0.15, 0.2) is 36.7 Å². The zero-order chi connectivity index (χ0) is 16.9. The van der Waals surface area contributed by atoms with Gasteiger partial charge in [0, 0.05) is 61.3 Å². The topological polar surface area (TPSA) is 75.4 Å². The molecule has 126 valence electrons. The van der Waals surface area contributed by atoms with Gasteiger partial charge in [-0.15, -0.1) is 0 Å². The van der Waals surface area contributed by atoms with Crippen molar-refractivity contribution in [2.45, 2.75) is 13.0 Å². The number of hydrogen-bond acceptors (Lipinski definition) is 4. The van der Waals surface area contributed by atoms with Gasteiger partial charge in [-0.1, -0.05) is 11.6 Å². The van der Waals surface area contributed by atoms with Crippen LogP contribution in [0, 0.1) is 0 Å². The van der Waals surface area contributed by atoms with E-state index in [1.54, 1.807) is 4.90 Å². The molecule has 6 nitrogen and oxygen atoms in total. The van der Waals surface area contributed by atoms with Crippen LogP contribution in [0.2, 0.25) is 5.02 Å². The van der Waals surface area contributed by atoms with Gasteiger partial charge in [0.2, 0.25) is 0 Å². The highest BCUT2D eigenvalue weighted by atomic mass is 35.5. The van der Waals surface area contributed by atoms with Crippen molar-refractivity contribution in [2.75, 3.05) is 26.2 Å². The van der Waals surface area contributed by atoms with Crippen molar-refractivity contribution in [3.63, 3.8) is 0 Å². The van der Waals surface area contributed by atoms with Crippen molar-refractivity contribution in [2.24, 2.45) is 5.73 Å². The molecular weight excluding hydrogens is 326 g/mol. The molecule has 0 spiro atoms. The summed E-state index contributed by atoms with van der Waals surface area (Å²) in [5.74, 6) is 0.686. The van der Waals surface area contributed by atoms with Gasteiger partial charge in [-0.3, -0.25) is 4.90 Å². The first-order chi connectivity index (χ1) is 11.6. The Hall–Kier alpha value is -2.18. The van der Waals surface area contributed by atoms with E-state index in [4.69, 9.17) is 17.3 Å². The highest BCUT2D eigenvalue weighted by Crippen LogP contribution is 2.18. The number of amides is 2. The van der Waals surface area contributed by atoms with Gasteiger partial charge >= 0.3 is 6.03 Å². The number of primary amides is 1. The van der Waals surface area contributed by atoms with E-state index in [0.29, 0.717) is 17.4 Å². The normalized spacial score (nSPS) is 16.0. The van der Waals surface area contributed by atoms with Gasteiger partial charge < -0.3 is 10.6 Å². The molecule has 7 heteroatoms. The lowest BCUT2D eigenvalue weighted by atomic mass is 10.2. The summed E-state index contributed by atoms with van der Waals surface area (Å²) in [6, 6.07) is 7.13. The molecule has 0 bridgehead atoms. The molecule has 24 heavy (non-hydrogen) atoms. The fourth-order valence-electron chi connectivity index (χ4n) is 2.79. The first kappa shape index (κ1) is 16.7. The van der Waals surface area contributed by atoms with Crippen LogP contribution in [0.5, 0.6) is 0 Å². The fraction of sp³-hybridized carbons (Fsp3) is 0.353. The highest BCUT2D eigenvalue weighted by Gasteiger charge is 2.17. The van der Waals surface area contributed by atoms with Crippen LogP contribution in [0.1, 0.15) is 12.0 Å². The second-order valence-electron chi connectivity index (χ2n) is 5.88. The number of hydrogen-bond donors (Lipinski definition) is 1. The average molecular weight is 346 g/mol. The molecule has 1 aliphatic rings. The van der Waals surface area contributed by atoms with Gasteiger partial charge in [0.05, 0.1) is 0 Å². The number of carbonyl (C=O) groups excluding carboxylic acids is 1. The van der Waals surface area contributed by atoms with Gasteiger partial charge in [0.25, 0.3) is 0 Å². The molecule has 2 aromatic rings. The third kappa shape index (κ3) is 4.21. The molecule has 2 heterocycles. The Kier molecular flexibility index (Phi) is 5.27. The van der Waals surface area contributed by atoms with E-state index in [1.807, 2.05) is 36.7 Å². The van der Waals surface area contributed by atoms with Gasteiger partial charge in [0.1, 0.15) is 0 Å². The van der Waals surface area contributed by atoms with Crippen molar-refractivity contribution in [3.05, 3.63) is 47.2 Å². The van der Waals surface area contributed by atoms with E-state index in [1.165, 1.54) is 0 Å². The fourth-order valence-corrected chi connectivity index (χ4v) is 2.92. The maximum atomic E-state index is 11.3. The minimum atomic E-state index is -0.340. The molecule has 1 saturated heterocycles. The zero-order valence-corrected chi connectivity index (χ0v) is 14.1. The molecule has 0 aliphatic carbocycles. The van der Waals surface area contributed by atoms with Crippen LogP contribution in [0.25, 0.3) is 11.4 Å². The van der Waals surface area contributed by atoms with Crippen LogP contribution in [0.4, 0.5) is 4.79 Å². The minimum Gasteiger partial charge on any atom is -0.351 e. The van der Waals surface area contributed by atoms with Crippen molar-refractivity contribution in [3.8, 4) is 11.4 Å². The highest BCUT2D eigenvalue weighted by molar-refractivity contribution is 6.30. The summed E-state index contributed by atoms with van der Waals surface area (Å²) < 4.78 is 0. The Morgan fingerprint density at radius 1 is 1.08 bits per heavy atom. The summed E-state index contributed by atoms with van der Waals surface area (Å²) in [5, 5.41) is 0.696. The summed E-state index contributed by atoms with van der Waals surface area (Å²) in [6.45, 7) is 3.90. The van der Waals surface area contributed by atoms with Crippen molar-refractivity contribution < 1.29 is 4.79 Å². The van der Waals surface area contributed by atoms with E-state index < -0.39 is 0 Å². The number of rotatable bonds is 3. The Labute approximate surface area is 146 Å². The minimum absolute atomic E-state index is 0.340. The van der Waals surface area contributed by atoms with E-state index in [0.717, 1.165) is 43.7 Å². The number of urea groups is 1. The Morgan fingerprint density at radius 2 is 1.79 bits per heavy atom. The maximum Gasteiger partial charge on any atom is 0.314 e. The third-order valence-corrected chi connectivity index (χ3v) is 4.37. The smallest absolute Gasteiger partial charge is 0.314 e. The SMILES string of the molecule is NC(=O)N1CCCN(Cc2cnc(-c3ccc(Cl)cc3)nc2)CC1. The molecule has 1 aliphatic heterocycles. The second-order valence-corrected chi connectivity index (χ2v) is 6.31. The Balaban J connectivity index is 1.62. The molecule has 0 atom stereocenters. The predicted octanol–water partition coefficient (Wildman–Crippen LogP) is 2.38. The van der Waals surface area contributed by atoms with Crippen LogP contribution in [-0.4, -0.2) is 52.0 Å². The number of benzene rings is 1. The van der Waals surface area contributed by atoms with E-state index in [2.05, 4.69) is 14.9 Å². The molecule has 0 radical (unpaired) electrons. The lowest BCUT2D eigenvalue weighted by Crippen LogP contribution is -2.38. The van der Waals surface area contributed by atoms with Crippen molar-refractivity contribution in [1.82, 2.24) is 19.8 Å². The largest absolute Gasteiger partial charge is 0.351 e. The number of halogens is 1. The maximum absolute atomic E-state index is 11.3. The molecule has 3 rings (SSSR count). The third-order valence-electron chi connectivity index (χ3n) is 4.11. The molecule has 1 aromatic carbocycles. The molecule has 0 unspecified atom stereocenters. The lowest BCUT2D eigenvalue weighted by molar-refractivity contribution is 0.207. The van der Waals surface area contributed by atoms with Crippen LogP contribution >= 0.6 is 11.6 Å². The monoisotopic (exact) mass is 345 g/mol. The second kappa shape index (κ2) is 7.59. The molecule has 2 N–H and O–H groups in total. The molecule has 0 saturated carbocycles. The molecule has 2 amide bonds. The van der Waals surface area contributed by atoms with Crippen LogP contribution in [0.3, 0.4) is 0 Å². The Morgan fingerprint density at radius 3 is 2.46 bits per heavy atom. The van der Waals surface area contributed by atoms with E-state index in [9.17, 15) is 4.79 Å². The van der Waals surface area contributed by atoms with Gasteiger partial charge in [-0.2, -0.15) is 0 Å².